The Bertz CT molecular complexity index is 371. The summed E-state index contributed by atoms with van der Waals surface area (Å²) in [5, 5.41) is 3.50. The van der Waals surface area contributed by atoms with E-state index in [1.54, 1.807) is 0 Å². The first-order chi connectivity index (χ1) is 7.11. The standard InChI is InChI=1S/C11H18N4/c1-4-9-7-5-6-8(2)10(9)15(3)11(12)14-13/h5-7H,4,13H2,1-3H3,(H2,12,14). The molecule has 0 saturated heterocycles. The summed E-state index contributed by atoms with van der Waals surface area (Å²) in [4.78, 5) is 1.81. The normalized spacial score (nSPS) is 11.5. The molecule has 0 radical (unpaired) electrons. The SMILES string of the molecule is CCc1cccc(C)c1N(C)/C(N)=N/N. The van der Waals surface area contributed by atoms with Gasteiger partial charge in [0.15, 0.2) is 0 Å². The Balaban J connectivity index is 3.22. The molecule has 0 atom stereocenters. The highest BCUT2D eigenvalue weighted by Crippen LogP contribution is 2.24. The van der Waals surface area contributed by atoms with Gasteiger partial charge in [0.2, 0.25) is 5.96 Å². The molecule has 4 heteroatoms. The van der Waals surface area contributed by atoms with Crippen molar-refractivity contribution in [2.75, 3.05) is 11.9 Å². The number of hydrogen-bond donors (Lipinski definition) is 2. The van der Waals surface area contributed by atoms with Crippen molar-refractivity contribution in [1.82, 2.24) is 0 Å². The molecule has 0 bridgehead atoms. The molecule has 0 aliphatic rings. The van der Waals surface area contributed by atoms with E-state index in [1.807, 2.05) is 18.0 Å². The van der Waals surface area contributed by atoms with Gasteiger partial charge in [0.25, 0.3) is 0 Å². The van der Waals surface area contributed by atoms with Crippen molar-refractivity contribution in [3.05, 3.63) is 29.3 Å². The van der Waals surface area contributed by atoms with Crippen LogP contribution in [0.2, 0.25) is 0 Å². The van der Waals surface area contributed by atoms with Crippen LogP contribution in [0, 0.1) is 6.92 Å². The van der Waals surface area contributed by atoms with E-state index in [9.17, 15) is 0 Å². The lowest BCUT2D eigenvalue weighted by Crippen LogP contribution is -2.35. The molecule has 0 fully saturated rings. The predicted molar refractivity (Wildman–Crippen MR) is 64.8 cm³/mol. The molecule has 0 saturated carbocycles. The largest absolute Gasteiger partial charge is 0.368 e. The number of anilines is 1. The Labute approximate surface area is 90.6 Å². The Morgan fingerprint density at radius 1 is 1.47 bits per heavy atom. The van der Waals surface area contributed by atoms with Gasteiger partial charge < -0.3 is 16.5 Å². The molecule has 0 unspecified atom stereocenters. The molecular formula is C11H18N4. The van der Waals surface area contributed by atoms with E-state index in [0.29, 0.717) is 5.96 Å². The van der Waals surface area contributed by atoms with Gasteiger partial charge in [-0.05, 0) is 24.5 Å². The maximum absolute atomic E-state index is 5.69. The van der Waals surface area contributed by atoms with Gasteiger partial charge in [0.1, 0.15) is 0 Å². The highest BCUT2D eigenvalue weighted by molar-refractivity contribution is 5.95. The summed E-state index contributed by atoms with van der Waals surface area (Å²) in [6, 6.07) is 6.18. The second-order valence-electron chi connectivity index (χ2n) is 3.48. The van der Waals surface area contributed by atoms with E-state index in [-0.39, 0.29) is 0 Å². The molecule has 82 valence electrons. The van der Waals surface area contributed by atoms with E-state index in [0.717, 1.165) is 12.1 Å². The summed E-state index contributed by atoms with van der Waals surface area (Å²) in [6.07, 6.45) is 0.958. The average Bonchev–Trinajstić information content (AvgIpc) is 2.26. The van der Waals surface area contributed by atoms with Crippen molar-refractivity contribution < 1.29 is 0 Å². The number of para-hydroxylation sites is 1. The van der Waals surface area contributed by atoms with E-state index in [2.05, 4.69) is 31.1 Å². The smallest absolute Gasteiger partial charge is 0.217 e. The van der Waals surface area contributed by atoms with Crippen molar-refractivity contribution in [2.45, 2.75) is 20.3 Å². The van der Waals surface area contributed by atoms with Crippen molar-refractivity contribution in [3.63, 3.8) is 0 Å². The van der Waals surface area contributed by atoms with Crippen molar-refractivity contribution in [2.24, 2.45) is 16.7 Å². The van der Waals surface area contributed by atoms with E-state index in [1.165, 1.54) is 11.1 Å². The molecular weight excluding hydrogens is 188 g/mol. The molecule has 0 aromatic heterocycles. The summed E-state index contributed by atoms with van der Waals surface area (Å²) in [5.41, 5.74) is 9.19. The number of nitrogens with two attached hydrogens (primary N) is 2. The van der Waals surface area contributed by atoms with Gasteiger partial charge in [-0.2, -0.15) is 0 Å². The van der Waals surface area contributed by atoms with Gasteiger partial charge >= 0.3 is 0 Å². The fraction of sp³-hybridized carbons (Fsp3) is 0.364. The maximum atomic E-state index is 5.69. The topological polar surface area (TPSA) is 67.6 Å². The van der Waals surface area contributed by atoms with Crippen LogP contribution in [0.5, 0.6) is 0 Å². The zero-order valence-electron chi connectivity index (χ0n) is 9.49. The van der Waals surface area contributed by atoms with Crippen LogP contribution in [0.25, 0.3) is 0 Å². The number of benzene rings is 1. The molecule has 0 aliphatic carbocycles. The highest BCUT2D eigenvalue weighted by atomic mass is 15.3. The van der Waals surface area contributed by atoms with Gasteiger partial charge in [0.05, 0.1) is 0 Å². The summed E-state index contributed by atoms with van der Waals surface area (Å²) >= 11 is 0. The zero-order valence-corrected chi connectivity index (χ0v) is 9.49. The van der Waals surface area contributed by atoms with Gasteiger partial charge in [0, 0.05) is 12.7 Å². The second kappa shape index (κ2) is 4.68. The predicted octanol–water partition coefficient (Wildman–Crippen LogP) is 1.18. The van der Waals surface area contributed by atoms with Crippen molar-refractivity contribution >= 4 is 11.6 Å². The third kappa shape index (κ3) is 2.21. The molecule has 4 N–H and O–H groups in total. The number of aryl methyl sites for hydroxylation is 2. The van der Waals surface area contributed by atoms with Gasteiger partial charge in [-0.1, -0.05) is 25.1 Å². The lowest BCUT2D eigenvalue weighted by atomic mass is 10.1. The number of hydrazone groups is 1. The summed E-state index contributed by atoms with van der Waals surface area (Å²) in [5.74, 6) is 5.49. The summed E-state index contributed by atoms with van der Waals surface area (Å²) in [7, 11) is 1.87. The minimum atomic E-state index is 0.319. The van der Waals surface area contributed by atoms with Crippen molar-refractivity contribution in [3.8, 4) is 0 Å². The average molecular weight is 206 g/mol. The highest BCUT2D eigenvalue weighted by Gasteiger charge is 2.11. The summed E-state index contributed by atoms with van der Waals surface area (Å²) < 4.78 is 0. The number of guanidine groups is 1. The van der Waals surface area contributed by atoms with Crippen LogP contribution < -0.4 is 16.5 Å². The lowest BCUT2D eigenvalue weighted by Gasteiger charge is -2.22. The van der Waals surface area contributed by atoms with Crippen LogP contribution in [-0.4, -0.2) is 13.0 Å². The van der Waals surface area contributed by atoms with Crippen LogP contribution in [0.1, 0.15) is 18.1 Å². The molecule has 0 heterocycles. The fourth-order valence-electron chi connectivity index (χ4n) is 1.69. The van der Waals surface area contributed by atoms with E-state index in [4.69, 9.17) is 11.6 Å². The Morgan fingerprint density at radius 3 is 2.67 bits per heavy atom. The molecule has 15 heavy (non-hydrogen) atoms. The van der Waals surface area contributed by atoms with Crippen LogP contribution in [0.3, 0.4) is 0 Å². The third-order valence-corrected chi connectivity index (χ3v) is 2.51. The Hall–Kier alpha value is -1.71. The lowest BCUT2D eigenvalue weighted by molar-refractivity contribution is 1.07. The molecule has 1 aromatic rings. The van der Waals surface area contributed by atoms with Gasteiger partial charge in [-0.15, -0.1) is 5.10 Å². The van der Waals surface area contributed by atoms with E-state index < -0.39 is 0 Å². The van der Waals surface area contributed by atoms with Crippen LogP contribution >= 0.6 is 0 Å². The molecule has 1 rings (SSSR count). The van der Waals surface area contributed by atoms with Gasteiger partial charge in [-0.3, -0.25) is 0 Å². The van der Waals surface area contributed by atoms with Gasteiger partial charge in [-0.25, -0.2) is 0 Å². The van der Waals surface area contributed by atoms with Crippen LogP contribution in [0.4, 0.5) is 5.69 Å². The monoisotopic (exact) mass is 206 g/mol. The summed E-state index contributed by atoms with van der Waals surface area (Å²) in [6.45, 7) is 4.16. The molecule has 1 aromatic carbocycles. The Morgan fingerprint density at radius 2 is 2.13 bits per heavy atom. The van der Waals surface area contributed by atoms with Crippen LogP contribution in [0.15, 0.2) is 23.3 Å². The second-order valence-corrected chi connectivity index (χ2v) is 3.48. The number of nitrogens with zero attached hydrogens (tertiary/aromatic N) is 2. The zero-order chi connectivity index (χ0) is 11.4. The van der Waals surface area contributed by atoms with E-state index >= 15 is 0 Å². The first kappa shape index (κ1) is 11.4. The number of hydrogen-bond acceptors (Lipinski definition) is 2. The minimum Gasteiger partial charge on any atom is -0.368 e. The fourth-order valence-corrected chi connectivity index (χ4v) is 1.69. The first-order valence-electron chi connectivity index (χ1n) is 4.97. The Kier molecular flexibility index (Phi) is 3.55. The first-order valence-corrected chi connectivity index (χ1v) is 4.97. The molecule has 0 aliphatic heterocycles. The quantitative estimate of drug-likeness (QED) is 0.330. The molecule has 0 amide bonds. The maximum Gasteiger partial charge on any atom is 0.217 e. The van der Waals surface area contributed by atoms with Crippen molar-refractivity contribution in [1.29, 1.82) is 0 Å². The minimum absolute atomic E-state index is 0.319. The van der Waals surface area contributed by atoms with Crippen LogP contribution in [-0.2, 0) is 6.42 Å². The molecule has 0 spiro atoms. The molecule has 4 nitrogen and oxygen atoms in total. The number of rotatable bonds is 2. The third-order valence-electron chi connectivity index (χ3n) is 2.51.